The Morgan fingerprint density at radius 2 is 1.32 bits per heavy atom. The van der Waals surface area contributed by atoms with E-state index in [0.29, 0.717) is 5.57 Å². The van der Waals surface area contributed by atoms with E-state index >= 15 is 0 Å². The quantitative estimate of drug-likeness (QED) is 0.358. The maximum absolute atomic E-state index is 8.97. The number of halogens is 2. The third-order valence-electron chi connectivity index (χ3n) is 4.95. The summed E-state index contributed by atoms with van der Waals surface area (Å²) in [5.74, 6) is 0. The molecule has 0 saturated carbocycles. The van der Waals surface area contributed by atoms with E-state index in [2.05, 4.69) is 95.7 Å². The van der Waals surface area contributed by atoms with E-state index in [1.54, 1.807) is 12.4 Å². The van der Waals surface area contributed by atoms with Gasteiger partial charge in [0.15, 0.2) is 0 Å². The van der Waals surface area contributed by atoms with Crippen LogP contribution >= 0.6 is 31.9 Å². The zero-order chi connectivity index (χ0) is 20.6. The van der Waals surface area contributed by atoms with Crippen LogP contribution in [0.5, 0.6) is 0 Å². The fraction of sp³-hybridized carbons (Fsp3) is 0.240. The van der Waals surface area contributed by atoms with Crippen LogP contribution in [-0.4, -0.2) is 4.98 Å². The number of benzene rings is 2. The van der Waals surface area contributed by atoms with Gasteiger partial charge in [-0.05, 0) is 76.9 Å². The van der Waals surface area contributed by atoms with E-state index in [1.165, 1.54) is 5.56 Å². The van der Waals surface area contributed by atoms with Crippen molar-refractivity contribution in [2.45, 2.75) is 40.0 Å². The lowest BCUT2D eigenvalue weighted by molar-refractivity contribution is 0.589. The van der Waals surface area contributed by atoms with Gasteiger partial charge in [0.25, 0.3) is 0 Å². The van der Waals surface area contributed by atoms with Crippen LogP contribution in [0.3, 0.4) is 0 Å². The molecule has 3 aromatic rings. The molecule has 0 amide bonds. The van der Waals surface area contributed by atoms with E-state index in [9.17, 15) is 0 Å². The van der Waals surface area contributed by atoms with Gasteiger partial charge in [-0.15, -0.1) is 0 Å². The summed E-state index contributed by atoms with van der Waals surface area (Å²) >= 11 is 7.40. The van der Waals surface area contributed by atoms with Gasteiger partial charge in [-0.3, -0.25) is 4.98 Å². The minimum atomic E-state index is 0.0869. The number of nitrogens with zero attached hydrogens (tertiary/aromatic N) is 1. The van der Waals surface area contributed by atoms with Crippen molar-refractivity contribution in [2.24, 2.45) is 0 Å². The predicted molar refractivity (Wildman–Crippen MR) is 125 cm³/mol. The van der Waals surface area contributed by atoms with Crippen molar-refractivity contribution in [3.63, 3.8) is 0 Å². The summed E-state index contributed by atoms with van der Waals surface area (Å²) in [6.07, 6.45) is 3.58. The second kappa shape index (κ2) is 7.96. The molecule has 0 aliphatic heterocycles. The molecule has 1 heterocycles. The Labute approximate surface area is 185 Å². The normalized spacial score (nSPS) is 11.5. The second-order valence-corrected chi connectivity index (χ2v) is 9.87. The Morgan fingerprint density at radius 3 is 1.79 bits per heavy atom. The fourth-order valence-electron chi connectivity index (χ4n) is 3.44. The lowest BCUT2D eigenvalue weighted by Crippen LogP contribution is -2.12. The van der Waals surface area contributed by atoms with Gasteiger partial charge in [-0.25, -0.2) is 0 Å². The van der Waals surface area contributed by atoms with Crippen molar-refractivity contribution in [3.05, 3.63) is 92.1 Å². The van der Waals surface area contributed by atoms with Gasteiger partial charge >= 0.3 is 0 Å². The molecular weight excluding hydrogens is 474 g/mol. The topological polar surface area (TPSA) is 12.9 Å². The Kier molecular flexibility index (Phi) is 5.97. The van der Waals surface area contributed by atoms with Crippen molar-refractivity contribution in [1.82, 2.24) is 4.98 Å². The first-order valence-electron chi connectivity index (χ1n) is 9.20. The minimum absolute atomic E-state index is 0.0869. The van der Waals surface area contributed by atoms with Gasteiger partial charge in [0.1, 0.15) is 0 Å². The van der Waals surface area contributed by atoms with Crippen LogP contribution in [0.25, 0.3) is 16.7 Å². The average Bonchev–Trinajstić information content (AvgIpc) is 2.60. The number of rotatable bonds is 3. The molecule has 1 aromatic heterocycles. The zero-order valence-corrected chi connectivity index (χ0v) is 20.0. The monoisotopic (exact) mass is 495 g/mol. The average molecular weight is 497 g/mol. The third kappa shape index (κ3) is 4.16. The lowest BCUT2D eigenvalue weighted by atomic mass is 9.82. The second-order valence-electron chi connectivity index (χ2n) is 8.16. The number of aryl methyl sites for hydroxylation is 2. The van der Waals surface area contributed by atoms with E-state index in [4.69, 9.17) is 6.58 Å². The Morgan fingerprint density at radius 1 is 0.821 bits per heavy atom. The SMILES string of the molecule is [C]=C(c1c(C)cc(C(C)(C)C)cc1C)c1c(Br)cc(-c2ccncc2)cc1Br. The first kappa shape index (κ1) is 21.0. The summed E-state index contributed by atoms with van der Waals surface area (Å²) in [6.45, 7) is 19.8. The summed E-state index contributed by atoms with van der Waals surface area (Å²) in [4.78, 5) is 4.09. The molecule has 0 saturated heterocycles. The highest BCUT2D eigenvalue weighted by atomic mass is 79.9. The zero-order valence-electron chi connectivity index (χ0n) is 16.8. The summed E-state index contributed by atoms with van der Waals surface area (Å²) in [6, 6.07) is 12.5. The van der Waals surface area contributed by atoms with Crippen LogP contribution < -0.4 is 0 Å². The Hall–Kier alpha value is -1.71. The van der Waals surface area contributed by atoms with Gasteiger partial charge in [-0.1, -0.05) is 64.8 Å². The van der Waals surface area contributed by atoms with Gasteiger partial charge in [0, 0.05) is 39.1 Å². The largest absolute Gasteiger partial charge is 0.265 e. The van der Waals surface area contributed by atoms with Crippen LogP contribution in [0.1, 0.15) is 48.6 Å². The predicted octanol–water partition coefficient (Wildman–Crippen LogP) is 7.93. The molecule has 2 radical (unpaired) electrons. The molecule has 0 atom stereocenters. The van der Waals surface area contributed by atoms with Crippen molar-refractivity contribution < 1.29 is 0 Å². The molecule has 0 unspecified atom stereocenters. The van der Waals surface area contributed by atoms with Crippen molar-refractivity contribution in [1.29, 1.82) is 0 Å². The highest BCUT2D eigenvalue weighted by Crippen LogP contribution is 2.40. The molecule has 142 valence electrons. The molecule has 0 spiro atoms. The van der Waals surface area contributed by atoms with Gasteiger partial charge in [0.05, 0.1) is 0 Å². The Balaban J connectivity index is 2.09. The van der Waals surface area contributed by atoms with Gasteiger partial charge in [0.2, 0.25) is 0 Å². The van der Waals surface area contributed by atoms with Crippen molar-refractivity contribution in [2.75, 3.05) is 0 Å². The lowest BCUT2D eigenvalue weighted by Gasteiger charge is -2.23. The standard InChI is InChI=1S/C25H23Br2N/c1-15-11-20(25(4,5)6)12-16(2)23(15)17(3)24-21(26)13-19(14-22(24)27)18-7-9-28-10-8-18/h7-14H,1-2,4-6H3. The molecule has 28 heavy (non-hydrogen) atoms. The number of pyridine rings is 1. The van der Waals surface area contributed by atoms with E-state index < -0.39 is 0 Å². The summed E-state index contributed by atoms with van der Waals surface area (Å²) in [5.41, 5.74) is 8.20. The maximum atomic E-state index is 8.97. The van der Waals surface area contributed by atoms with E-state index in [-0.39, 0.29) is 5.41 Å². The van der Waals surface area contributed by atoms with Crippen molar-refractivity contribution in [3.8, 4) is 11.1 Å². The van der Waals surface area contributed by atoms with Crippen LogP contribution in [0.2, 0.25) is 0 Å². The van der Waals surface area contributed by atoms with Crippen LogP contribution in [0.15, 0.2) is 57.7 Å². The number of hydrogen-bond donors (Lipinski definition) is 0. The van der Waals surface area contributed by atoms with E-state index in [0.717, 1.165) is 42.3 Å². The molecule has 0 aliphatic carbocycles. The fourth-order valence-corrected chi connectivity index (χ4v) is 5.02. The third-order valence-corrected chi connectivity index (χ3v) is 6.21. The summed E-state index contributed by atoms with van der Waals surface area (Å²) in [7, 11) is 0. The molecule has 0 fully saturated rings. The van der Waals surface area contributed by atoms with Crippen LogP contribution in [0, 0.1) is 20.4 Å². The molecule has 0 bridgehead atoms. The van der Waals surface area contributed by atoms with Gasteiger partial charge in [-0.2, -0.15) is 0 Å². The highest BCUT2D eigenvalue weighted by molar-refractivity contribution is 9.11. The maximum Gasteiger partial charge on any atom is 0.0273 e. The molecule has 3 heteroatoms. The minimum Gasteiger partial charge on any atom is -0.265 e. The summed E-state index contributed by atoms with van der Waals surface area (Å²) < 4.78 is 1.80. The molecular formula is C25H23Br2N. The molecule has 1 nitrogen and oxygen atoms in total. The van der Waals surface area contributed by atoms with Crippen LogP contribution in [0.4, 0.5) is 0 Å². The molecule has 2 aromatic carbocycles. The van der Waals surface area contributed by atoms with Crippen LogP contribution in [-0.2, 0) is 5.41 Å². The molecule has 3 rings (SSSR count). The van der Waals surface area contributed by atoms with Gasteiger partial charge < -0.3 is 0 Å². The summed E-state index contributed by atoms with van der Waals surface area (Å²) in [5, 5.41) is 0. The smallest absolute Gasteiger partial charge is 0.0273 e. The first-order valence-corrected chi connectivity index (χ1v) is 10.8. The Bertz CT molecular complexity index is 998. The van der Waals surface area contributed by atoms with Crippen molar-refractivity contribution >= 4 is 37.4 Å². The molecule has 0 N–H and O–H groups in total. The number of hydrogen-bond acceptors (Lipinski definition) is 1. The first-order chi connectivity index (χ1) is 13.1. The number of aromatic nitrogens is 1. The van der Waals surface area contributed by atoms with E-state index in [1.807, 2.05) is 12.1 Å². The highest BCUT2D eigenvalue weighted by Gasteiger charge is 2.20. The molecule has 0 aliphatic rings.